The number of nitrogens with zero attached hydrogens (tertiary/aromatic N) is 3. The summed E-state index contributed by atoms with van der Waals surface area (Å²) in [5.41, 5.74) is 7.11. The average Bonchev–Trinajstić information content (AvgIpc) is 3.37. The highest BCUT2D eigenvalue weighted by atomic mass is 19.4. The first kappa shape index (κ1) is 20.3. The van der Waals surface area contributed by atoms with E-state index in [0.717, 1.165) is 35.4 Å². The first-order valence-electron chi connectivity index (χ1n) is 10.3. The van der Waals surface area contributed by atoms with E-state index in [1.54, 1.807) is 11.0 Å². The third-order valence-corrected chi connectivity index (χ3v) is 6.09. The molecule has 32 heavy (non-hydrogen) atoms. The summed E-state index contributed by atoms with van der Waals surface area (Å²) in [7, 11) is 0. The van der Waals surface area contributed by atoms with Crippen LogP contribution < -0.4 is 5.73 Å². The molecule has 1 amide bonds. The minimum atomic E-state index is -4.63. The molecule has 1 saturated heterocycles. The molecule has 0 radical (unpaired) electrons. The third-order valence-electron chi connectivity index (χ3n) is 6.09. The Labute approximate surface area is 180 Å². The van der Waals surface area contributed by atoms with E-state index >= 15 is 0 Å². The third kappa shape index (κ3) is 3.26. The molecule has 7 nitrogen and oxygen atoms in total. The minimum Gasteiger partial charge on any atom is -0.383 e. The van der Waals surface area contributed by atoms with Crippen LogP contribution in [0, 0.1) is 6.92 Å². The van der Waals surface area contributed by atoms with Crippen molar-refractivity contribution < 1.29 is 18.0 Å². The van der Waals surface area contributed by atoms with Crippen LogP contribution in [0.15, 0.2) is 30.3 Å². The lowest BCUT2D eigenvalue weighted by atomic mass is 9.96. The maximum Gasteiger partial charge on any atom is 0.417 e. The molecule has 3 aromatic heterocycles. The van der Waals surface area contributed by atoms with Crippen LogP contribution in [-0.2, 0) is 6.18 Å². The number of aryl methyl sites for hydroxylation is 1. The largest absolute Gasteiger partial charge is 0.417 e. The number of nitrogen functional groups attached to an aromatic ring is 1. The number of likely N-dealkylation sites (tertiary alicyclic amines) is 1. The molecule has 4 aromatic rings. The van der Waals surface area contributed by atoms with Gasteiger partial charge >= 0.3 is 6.18 Å². The number of hydrogen-bond acceptors (Lipinski definition) is 4. The summed E-state index contributed by atoms with van der Waals surface area (Å²) in [5, 5.41) is 6.91. The molecule has 0 unspecified atom stereocenters. The lowest BCUT2D eigenvalue weighted by Gasteiger charge is -2.35. The zero-order valence-corrected chi connectivity index (χ0v) is 17.3. The first-order chi connectivity index (χ1) is 15.2. The van der Waals surface area contributed by atoms with Crippen LogP contribution in [0.3, 0.4) is 0 Å². The van der Waals surface area contributed by atoms with Crippen molar-refractivity contribution in [3.8, 4) is 0 Å². The first-order valence-corrected chi connectivity index (χ1v) is 10.3. The summed E-state index contributed by atoms with van der Waals surface area (Å²) >= 11 is 0. The normalized spacial score (nSPS) is 17.4. The number of aromatic amines is 2. The molecular formula is C22H21F3N6O. The summed E-state index contributed by atoms with van der Waals surface area (Å²) in [6.07, 6.45) is -2.57. The molecule has 4 heterocycles. The summed E-state index contributed by atoms with van der Waals surface area (Å²) in [5.74, 6) is -0.446. The number of H-pyrrole nitrogens is 2. The van der Waals surface area contributed by atoms with Crippen molar-refractivity contribution in [3.63, 3.8) is 0 Å². The standard InChI is InChI=1S/C22H21F3N6O/c1-11-5-4-6-14-12(11)9-16(27-14)21(32)31-8-3-2-7-17(31)15-10-13(22(23,24)25)18-19(26)29-30-20(18)28-15/h4-6,9-10,17,27H,2-3,7-8H2,1H3,(H3,26,28,29,30)/t17-/m0/s1. The van der Waals surface area contributed by atoms with E-state index in [1.807, 2.05) is 25.1 Å². The van der Waals surface area contributed by atoms with Crippen LogP contribution in [0.1, 0.15) is 52.6 Å². The topological polar surface area (TPSA) is 104 Å². The molecule has 1 fully saturated rings. The highest BCUT2D eigenvalue weighted by Gasteiger charge is 2.38. The monoisotopic (exact) mass is 442 g/mol. The lowest BCUT2D eigenvalue weighted by Crippen LogP contribution is -2.39. The van der Waals surface area contributed by atoms with Gasteiger partial charge < -0.3 is 15.6 Å². The van der Waals surface area contributed by atoms with E-state index in [1.165, 1.54) is 0 Å². The molecule has 1 aromatic carbocycles. The highest BCUT2D eigenvalue weighted by Crippen LogP contribution is 2.40. The molecule has 0 aliphatic carbocycles. The van der Waals surface area contributed by atoms with Gasteiger partial charge in [-0.1, -0.05) is 12.1 Å². The number of carbonyl (C=O) groups is 1. The molecule has 0 bridgehead atoms. The molecule has 1 aliphatic rings. The molecule has 1 atom stereocenters. The van der Waals surface area contributed by atoms with Crippen molar-refractivity contribution in [1.29, 1.82) is 0 Å². The van der Waals surface area contributed by atoms with Crippen molar-refractivity contribution in [1.82, 2.24) is 25.1 Å². The smallest absolute Gasteiger partial charge is 0.383 e. The number of fused-ring (bicyclic) bond motifs is 2. The van der Waals surface area contributed by atoms with Crippen molar-refractivity contribution in [2.24, 2.45) is 0 Å². The second kappa shape index (κ2) is 7.25. The van der Waals surface area contributed by atoms with Gasteiger partial charge in [0.15, 0.2) is 5.65 Å². The Hall–Kier alpha value is -3.56. The Morgan fingerprint density at radius 2 is 2.06 bits per heavy atom. The van der Waals surface area contributed by atoms with Crippen molar-refractivity contribution in [2.75, 3.05) is 12.3 Å². The highest BCUT2D eigenvalue weighted by molar-refractivity contribution is 5.99. The predicted molar refractivity (Wildman–Crippen MR) is 114 cm³/mol. The van der Waals surface area contributed by atoms with Crippen LogP contribution in [-0.4, -0.2) is 37.5 Å². The van der Waals surface area contributed by atoms with Gasteiger partial charge in [-0.3, -0.25) is 9.89 Å². The van der Waals surface area contributed by atoms with Crippen LogP contribution in [0.2, 0.25) is 0 Å². The maximum absolute atomic E-state index is 13.8. The number of piperidine rings is 1. The van der Waals surface area contributed by atoms with Crippen molar-refractivity contribution in [3.05, 3.63) is 52.8 Å². The Balaban J connectivity index is 1.58. The maximum atomic E-state index is 13.8. The van der Waals surface area contributed by atoms with Crippen LogP contribution in [0.4, 0.5) is 19.0 Å². The average molecular weight is 442 g/mol. The molecule has 5 rings (SSSR count). The van der Waals surface area contributed by atoms with Gasteiger partial charge in [0.1, 0.15) is 11.5 Å². The quantitative estimate of drug-likeness (QED) is 0.418. The molecule has 1 aliphatic heterocycles. The van der Waals surface area contributed by atoms with Gasteiger partial charge in [0.25, 0.3) is 5.91 Å². The van der Waals surface area contributed by atoms with Gasteiger partial charge in [0, 0.05) is 17.4 Å². The molecule has 0 spiro atoms. The number of rotatable bonds is 2. The number of hydrogen-bond donors (Lipinski definition) is 3. The number of anilines is 1. The fraction of sp³-hybridized carbons (Fsp3) is 0.318. The van der Waals surface area contributed by atoms with E-state index in [2.05, 4.69) is 20.2 Å². The number of alkyl halides is 3. The van der Waals surface area contributed by atoms with E-state index < -0.39 is 17.8 Å². The Bertz CT molecular complexity index is 1340. The molecule has 4 N–H and O–H groups in total. The number of nitrogens with one attached hydrogen (secondary N) is 2. The molecule has 166 valence electrons. The molecule has 0 saturated carbocycles. The molecular weight excluding hydrogens is 421 g/mol. The van der Waals surface area contributed by atoms with E-state index in [4.69, 9.17) is 5.73 Å². The second-order valence-corrected chi connectivity index (χ2v) is 8.16. The van der Waals surface area contributed by atoms with Gasteiger partial charge in [-0.25, -0.2) is 4.98 Å². The summed E-state index contributed by atoms with van der Waals surface area (Å²) in [6, 6.07) is 7.96. The Morgan fingerprint density at radius 3 is 2.81 bits per heavy atom. The van der Waals surface area contributed by atoms with Crippen LogP contribution in [0.25, 0.3) is 21.9 Å². The van der Waals surface area contributed by atoms with Gasteiger partial charge in [-0.05, 0) is 49.9 Å². The van der Waals surface area contributed by atoms with Gasteiger partial charge in [-0.15, -0.1) is 0 Å². The van der Waals surface area contributed by atoms with Crippen molar-refractivity contribution >= 4 is 33.7 Å². The second-order valence-electron chi connectivity index (χ2n) is 8.16. The summed E-state index contributed by atoms with van der Waals surface area (Å²) in [4.78, 5) is 22.5. The van der Waals surface area contributed by atoms with E-state index in [9.17, 15) is 18.0 Å². The zero-order chi connectivity index (χ0) is 22.6. The SMILES string of the molecule is Cc1cccc2[nH]c(C(=O)N3CCCC[C@H]3c3cc(C(F)(F)F)c4c(N)[nH]nc4n3)cc12. The van der Waals surface area contributed by atoms with Crippen LogP contribution in [0.5, 0.6) is 0 Å². The number of amides is 1. The predicted octanol–water partition coefficient (Wildman–Crippen LogP) is 4.72. The van der Waals surface area contributed by atoms with Crippen LogP contribution >= 0.6 is 0 Å². The summed E-state index contributed by atoms with van der Waals surface area (Å²) in [6.45, 7) is 2.39. The number of halogens is 3. The lowest BCUT2D eigenvalue weighted by molar-refractivity contribution is -0.136. The number of nitrogens with two attached hydrogens (primary N) is 1. The fourth-order valence-electron chi connectivity index (χ4n) is 4.52. The van der Waals surface area contributed by atoms with Gasteiger partial charge in [0.05, 0.1) is 22.7 Å². The fourth-order valence-corrected chi connectivity index (χ4v) is 4.52. The number of aromatic nitrogens is 4. The summed E-state index contributed by atoms with van der Waals surface area (Å²) < 4.78 is 41.4. The zero-order valence-electron chi connectivity index (χ0n) is 17.3. The Kier molecular flexibility index (Phi) is 4.61. The number of carbonyl (C=O) groups excluding carboxylic acids is 1. The van der Waals surface area contributed by atoms with Gasteiger partial charge in [0.2, 0.25) is 0 Å². The number of pyridine rings is 1. The molecule has 10 heteroatoms. The van der Waals surface area contributed by atoms with Crippen molar-refractivity contribution in [2.45, 2.75) is 38.4 Å². The van der Waals surface area contributed by atoms with E-state index in [0.29, 0.717) is 18.7 Å². The van der Waals surface area contributed by atoms with E-state index in [-0.39, 0.29) is 28.5 Å². The Morgan fingerprint density at radius 1 is 1.25 bits per heavy atom. The van der Waals surface area contributed by atoms with Gasteiger partial charge in [-0.2, -0.15) is 18.3 Å². The minimum absolute atomic E-state index is 0.105. The number of benzene rings is 1.